The van der Waals surface area contributed by atoms with Gasteiger partial charge >= 0.3 is 6.03 Å². The predicted octanol–water partition coefficient (Wildman–Crippen LogP) is 3.73. The molecule has 0 bridgehead atoms. The monoisotopic (exact) mass is 350 g/mol. The van der Waals surface area contributed by atoms with E-state index in [1.165, 1.54) is 12.1 Å². The van der Waals surface area contributed by atoms with Gasteiger partial charge in [0.1, 0.15) is 5.82 Å². The zero-order chi connectivity index (χ0) is 17.9. The van der Waals surface area contributed by atoms with E-state index >= 15 is 0 Å². The zero-order valence-corrected chi connectivity index (χ0v) is 14.2. The van der Waals surface area contributed by atoms with Gasteiger partial charge in [0.05, 0.1) is 11.2 Å². The van der Waals surface area contributed by atoms with E-state index < -0.39 is 0 Å². The maximum absolute atomic E-state index is 13.0. The number of pyridine rings is 1. The van der Waals surface area contributed by atoms with E-state index in [1.807, 2.05) is 12.1 Å². The summed E-state index contributed by atoms with van der Waals surface area (Å²) in [6.07, 6.45) is 1.80. The number of amides is 2. The molecule has 1 saturated heterocycles. The first-order chi connectivity index (χ1) is 12.7. The Bertz CT molecular complexity index is 915. The lowest BCUT2D eigenvalue weighted by Gasteiger charge is -2.36. The second-order valence-corrected chi connectivity index (χ2v) is 6.26. The number of nitrogens with zero attached hydrogens (tertiary/aromatic N) is 3. The SMILES string of the molecule is O=C(Nc1ccc(F)cc1)N1CCN(c2cccc3cccnc23)CC1. The smallest absolute Gasteiger partial charge is 0.321 e. The Hall–Kier alpha value is -3.15. The average Bonchev–Trinajstić information content (AvgIpc) is 2.69. The lowest BCUT2D eigenvalue weighted by Crippen LogP contribution is -2.50. The van der Waals surface area contributed by atoms with Crippen molar-refractivity contribution in [3.05, 3.63) is 66.6 Å². The number of para-hydroxylation sites is 1. The molecular weight excluding hydrogens is 331 g/mol. The molecule has 1 aliphatic heterocycles. The number of carbonyl (C=O) groups excluding carboxylic acids is 1. The minimum absolute atomic E-state index is 0.160. The molecule has 1 aliphatic rings. The average molecular weight is 350 g/mol. The number of halogens is 1. The number of nitrogens with one attached hydrogen (secondary N) is 1. The molecule has 1 aromatic heterocycles. The molecule has 0 aliphatic carbocycles. The van der Waals surface area contributed by atoms with Crippen LogP contribution in [0.25, 0.3) is 10.9 Å². The number of rotatable bonds is 2. The van der Waals surface area contributed by atoms with E-state index in [0.29, 0.717) is 18.8 Å². The van der Waals surface area contributed by atoms with Crippen molar-refractivity contribution in [2.24, 2.45) is 0 Å². The van der Waals surface area contributed by atoms with Crippen molar-refractivity contribution in [3.8, 4) is 0 Å². The van der Waals surface area contributed by atoms with Crippen molar-refractivity contribution in [1.29, 1.82) is 0 Å². The van der Waals surface area contributed by atoms with Gasteiger partial charge in [-0.3, -0.25) is 4.98 Å². The number of aromatic nitrogens is 1. The van der Waals surface area contributed by atoms with Gasteiger partial charge in [0.25, 0.3) is 0 Å². The lowest BCUT2D eigenvalue weighted by atomic mass is 10.1. The summed E-state index contributed by atoms with van der Waals surface area (Å²) < 4.78 is 13.0. The van der Waals surface area contributed by atoms with Gasteiger partial charge in [0, 0.05) is 43.4 Å². The molecule has 3 aromatic rings. The second-order valence-electron chi connectivity index (χ2n) is 6.26. The van der Waals surface area contributed by atoms with E-state index in [2.05, 4.69) is 33.4 Å². The van der Waals surface area contributed by atoms with Gasteiger partial charge in [0.2, 0.25) is 0 Å². The Labute approximate surface area is 151 Å². The molecule has 132 valence electrons. The number of hydrogen-bond donors (Lipinski definition) is 1. The standard InChI is InChI=1S/C20H19FN4O/c21-16-6-8-17(9-7-16)23-20(26)25-13-11-24(12-14-25)18-5-1-3-15-4-2-10-22-19(15)18/h1-10H,11-14H2,(H,23,26). The normalized spacial score (nSPS) is 14.5. The number of carbonyl (C=O) groups is 1. The summed E-state index contributed by atoms with van der Waals surface area (Å²) in [6, 6.07) is 15.8. The van der Waals surface area contributed by atoms with Gasteiger partial charge in [-0.2, -0.15) is 0 Å². The summed E-state index contributed by atoms with van der Waals surface area (Å²) in [5, 5.41) is 3.93. The van der Waals surface area contributed by atoms with Gasteiger partial charge in [-0.1, -0.05) is 18.2 Å². The van der Waals surface area contributed by atoms with Crippen LogP contribution >= 0.6 is 0 Å². The summed E-state index contributed by atoms with van der Waals surface area (Å²) in [7, 11) is 0. The second kappa shape index (κ2) is 7.00. The van der Waals surface area contributed by atoms with Gasteiger partial charge in [-0.05, 0) is 36.4 Å². The highest BCUT2D eigenvalue weighted by atomic mass is 19.1. The highest BCUT2D eigenvalue weighted by Crippen LogP contribution is 2.25. The third-order valence-corrected chi connectivity index (χ3v) is 4.61. The molecule has 0 saturated carbocycles. The molecule has 0 atom stereocenters. The molecule has 2 amide bonds. The molecule has 0 spiro atoms. The maximum Gasteiger partial charge on any atom is 0.321 e. The fourth-order valence-electron chi connectivity index (χ4n) is 3.23. The van der Waals surface area contributed by atoms with E-state index in [9.17, 15) is 9.18 Å². The Morgan fingerprint density at radius 1 is 0.962 bits per heavy atom. The van der Waals surface area contributed by atoms with Crippen molar-refractivity contribution in [3.63, 3.8) is 0 Å². The highest BCUT2D eigenvalue weighted by molar-refractivity contribution is 5.91. The van der Waals surface area contributed by atoms with Gasteiger partial charge in [0.15, 0.2) is 0 Å². The Morgan fingerprint density at radius 2 is 1.69 bits per heavy atom. The summed E-state index contributed by atoms with van der Waals surface area (Å²) >= 11 is 0. The molecular formula is C20H19FN4O. The number of hydrogen-bond acceptors (Lipinski definition) is 3. The molecule has 0 unspecified atom stereocenters. The lowest BCUT2D eigenvalue weighted by molar-refractivity contribution is 0.208. The maximum atomic E-state index is 13.0. The van der Waals surface area contributed by atoms with Crippen LogP contribution < -0.4 is 10.2 Å². The fourth-order valence-corrected chi connectivity index (χ4v) is 3.23. The summed E-state index contributed by atoms with van der Waals surface area (Å²) in [5.41, 5.74) is 2.68. The Balaban J connectivity index is 1.42. The van der Waals surface area contributed by atoms with Crippen molar-refractivity contribution < 1.29 is 9.18 Å². The van der Waals surface area contributed by atoms with Crippen LogP contribution in [-0.4, -0.2) is 42.1 Å². The van der Waals surface area contributed by atoms with Crippen molar-refractivity contribution in [1.82, 2.24) is 9.88 Å². The van der Waals surface area contributed by atoms with Crippen molar-refractivity contribution >= 4 is 28.3 Å². The van der Waals surface area contributed by atoms with Crippen LogP contribution in [-0.2, 0) is 0 Å². The third-order valence-electron chi connectivity index (χ3n) is 4.61. The molecule has 4 rings (SSSR count). The largest absolute Gasteiger partial charge is 0.366 e. The number of urea groups is 1. The molecule has 6 heteroatoms. The van der Waals surface area contributed by atoms with Crippen LogP contribution in [0.2, 0.25) is 0 Å². The first kappa shape index (κ1) is 16.3. The molecule has 5 nitrogen and oxygen atoms in total. The van der Waals surface area contributed by atoms with Crippen LogP contribution in [0, 0.1) is 5.82 Å². The first-order valence-electron chi connectivity index (χ1n) is 8.61. The fraction of sp³-hybridized carbons (Fsp3) is 0.200. The van der Waals surface area contributed by atoms with Crippen molar-refractivity contribution in [2.45, 2.75) is 0 Å². The minimum atomic E-state index is -0.319. The Kier molecular flexibility index (Phi) is 4.39. The van der Waals surface area contributed by atoms with Crippen LogP contribution in [0.1, 0.15) is 0 Å². The van der Waals surface area contributed by atoms with Crippen molar-refractivity contribution in [2.75, 3.05) is 36.4 Å². The van der Waals surface area contributed by atoms with Gasteiger partial charge < -0.3 is 15.1 Å². The van der Waals surface area contributed by atoms with Crippen LogP contribution in [0.3, 0.4) is 0 Å². The number of piperazine rings is 1. The van der Waals surface area contributed by atoms with E-state index in [4.69, 9.17) is 0 Å². The van der Waals surface area contributed by atoms with E-state index in [0.717, 1.165) is 29.7 Å². The minimum Gasteiger partial charge on any atom is -0.366 e. The highest BCUT2D eigenvalue weighted by Gasteiger charge is 2.22. The van der Waals surface area contributed by atoms with Crippen LogP contribution in [0.4, 0.5) is 20.6 Å². The molecule has 1 N–H and O–H groups in total. The van der Waals surface area contributed by atoms with E-state index in [1.54, 1.807) is 23.2 Å². The van der Waals surface area contributed by atoms with Gasteiger partial charge in [-0.15, -0.1) is 0 Å². The zero-order valence-electron chi connectivity index (χ0n) is 14.2. The first-order valence-corrected chi connectivity index (χ1v) is 8.61. The van der Waals surface area contributed by atoms with Gasteiger partial charge in [-0.25, -0.2) is 9.18 Å². The molecule has 2 heterocycles. The van der Waals surface area contributed by atoms with E-state index in [-0.39, 0.29) is 11.8 Å². The summed E-state index contributed by atoms with van der Waals surface area (Å²) in [5.74, 6) is -0.319. The summed E-state index contributed by atoms with van der Waals surface area (Å²) in [4.78, 5) is 20.9. The predicted molar refractivity (Wildman–Crippen MR) is 101 cm³/mol. The quantitative estimate of drug-likeness (QED) is 0.766. The topological polar surface area (TPSA) is 48.5 Å². The van der Waals surface area contributed by atoms with Crippen LogP contribution in [0.15, 0.2) is 60.8 Å². The Morgan fingerprint density at radius 3 is 2.46 bits per heavy atom. The molecule has 1 fully saturated rings. The number of fused-ring (bicyclic) bond motifs is 1. The molecule has 0 radical (unpaired) electrons. The number of benzene rings is 2. The molecule has 26 heavy (non-hydrogen) atoms. The third kappa shape index (κ3) is 3.31. The number of anilines is 2. The molecule has 2 aromatic carbocycles. The van der Waals surface area contributed by atoms with Crippen LogP contribution in [0.5, 0.6) is 0 Å². The summed E-state index contributed by atoms with van der Waals surface area (Å²) in [6.45, 7) is 2.73.